The lowest BCUT2D eigenvalue weighted by atomic mass is 10.1. The maximum absolute atomic E-state index is 12.5. The van der Waals surface area contributed by atoms with Gasteiger partial charge in [-0.05, 0) is 59.6 Å². The first-order valence-corrected chi connectivity index (χ1v) is 8.88. The zero-order valence-corrected chi connectivity index (χ0v) is 16.2. The molecule has 1 N–H and O–H groups in total. The summed E-state index contributed by atoms with van der Waals surface area (Å²) in [6, 6.07) is 11.0. The number of nitrogens with one attached hydrogen (secondary N) is 1. The summed E-state index contributed by atoms with van der Waals surface area (Å²) >= 11 is 3.43. The van der Waals surface area contributed by atoms with E-state index in [1.165, 1.54) is 0 Å². The van der Waals surface area contributed by atoms with Gasteiger partial charge >= 0.3 is 0 Å². The zero-order chi connectivity index (χ0) is 18.2. The zero-order valence-electron chi connectivity index (χ0n) is 14.6. The Labute approximate surface area is 156 Å². The lowest BCUT2D eigenvalue weighted by molar-refractivity contribution is 0.0950. The SMILES string of the molecule is CCOc1cccc(CNC(=O)c2cc(Br)c(OCC)c(OC)c2)c1. The van der Waals surface area contributed by atoms with Crippen LogP contribution in [0.25, 0.3) is 0 Å². The van der Waals surface area contributed by atoms with Gasteiger partial charge in [-0.2, -0.15) is 0 Å². The average molecular weight is 408 g/mol. The van der Waals surface area contributed by atoms with Gasteiger partial charge in [0.1, 0.15) is 5.75 Å². The molecule has 2 aromatic rings. The Kier molecular flexibility index (Phi) is 7.13. The van der Waals surface area contributed by atoms with Crippen LogP contribution < -0.4 is 19.5 Å². The van der Waals surface area contributed by atoms with Gasteiger partial charge in [-0.15, -0.1) is 0 Å². The third-order valence-corrected chi connectivity index (χ3v) is 4.03. The van der Waals surface area contributed by atoms with Crippen LogP contribution in [0.1, 0.15) is 29.8 Å². The van der Waals surface area contributed by atoms with Crippen LogP contribution in [0.5, 0.6) is 17.2 Å². The predicted octanol–water partition coefficient (Wildman–Crippen LogP) is 4.19. The Morgan fingerprint density at radius 1 is 1.12 bits per heavy atom. The van der Waals surface area contributed by atoms with Crippen molar-refractivity contribution >= 4 is 21.8 Å². The van der Waals surface area contributed by atoms with Crippen LogP contribution in [0.15, 0.2) is 40.9 Å². The monoisotopic (exact) mass is 407 g/mol. The number of halogens is 1. The number of hydrogen-bond donors (Lipinski definition) is 1. The summed E-state index contributed by atoms with van der Waals surface area (Å²) in [5, 5.41) is 2.90. The Balaban J connectivity index is 2.10. The number of carbonyl (C=O) groups excluding carboxylic acids is 1. The number of rotatable bonds is 8. The molecule has 0 bridgehead atoms. The molecule has 0 radical (unpaired) electrons. The first-order chi connectivity index (χ1) is 12.1. The molecule has 0 aliphatic rings. The molecule has 0 atom stereocenters. The fraction of sp³-hybridized carbons (Fsp3) is 0.316. The highest BCUT2D eigenvalue weighted by Crippen LogP contribution is 2.36. The molecule has 0 aliphatic carbocycles. The van der Waals surface area contributed by atoms with Crippen molar-refractivity contribution in [3.8, 4) is 17.2 Å². The standard InChI is InChI=1S/C19H22BrNO4/c1-4-24-15-8-6-7-13(9-15)12-21-19(22)14-10-16(20)18(25-5-2)17(11-14)23-3/h6-11H,4-5,12H2,1-3H3,(H,21,22). The van der Waals surface area contributed by atoms with Crippen molar-refractivity contribution in [1.82, 2.24) is 5.32 Å². The van der Waals surface area contributed by atoms with Crippen molar-refractivity contribution in [2.45, 2.75) is 20.4 Å². The van der Waals surface area contributed by atoms with Crippen LogP contribution in [0.2, 0.25) is 0 Å². The Bertz CT molecular complexity index is 733. The van der Waals surface area contributed by atoms with Crippen LogP contribution in [0, 0.1) is 0 Å². The van der Waals surface area contributed by atoms with E-state index in [2.05, 4.69) is 21.2 Å². The van der Waals surface area contributed by atoms with Gasteiger partial charge in [-0.3, -0.25) is 4.79 Å². The molecule has 25 heavy (non-hydrogen) atoms. The molecular weight excluding hydrogens is 386 g/mol. The summed E-state index contributed by atoms with van der Waals surface area (Å²) < 4.78 is 17.0. The molecule has 0 unspecified atom stereocenters. The average Bonchev–Trinajstić information content (AvgIpc) is 2.62. The summed E-state index contributed by atoms with van der Waals surface area (Å²) in [7, 11) is 1.55. The van der Waals surface area contributed by atoms with Gasteiger partial charge in [-0.1, -0.05) is 12.1 Å². The predicted molar refractivity (Wildman–Crippen MR) is 101 cm³/mol. The number of ether oxygens (including phenoxy) is 3. The molecule has 6 heteroatoms. The van der Waals surface area contributed by atoms with Gasteiger partial charge in [0, 0.05) is 12.1 Å². The Morgan fingerprint density at radius 3 is 2.56 bits per heavy atom. The van der Waals surface area contributed by atoms with Crippen molar-refractivity contribution in [3.63, 3.8) is 0 Å². The second-order valence-electron chi connectivity index (χ2n) is 5.19. The maximum Gasteiger partial charge on any atom is 0.251 e. The summed E-state index contributed by atoms with van der Waals surface area (Å²) in [6.07, 6.45) is 0. The number of methoxy groups -OCH3 is 1. The summed E-state index contributed by atoms with van der Waals surface area (Å²) in [6.45, 7) is 5.36. The second-order valence-corrected chi connectivity index (χ2v) is 6.04. The van der Waals surface area contributed by atoms with Gasteiger partial charge in [0.15, 0.2) is 11.5 Å². The van der Waals surface area contributed by atoms with Crippen LogP contribution in [-0.4, -0.2) is 26.2 Å². The topological polar surface area (TPSA) is 56.8 Å². The van der Waals surface area contributed by atoms with E-state index in [1.54, 1.807) is 19.2 Å². The molecule has 5 nitrogen and oxygen atoms in total. The Hall–Kier alpha value is -2.21. The largest absolute Gasteiger partial charge is 0.494 e. The van der Waals surface area contributed by atoms with E-state index in [9.17, 15) is 4.79 Å². The fourth-order valence-electron chi connectivity index (χ4n) is 2.33. The number of hydrogen-bond acceptors (Lipinski definition) is 4. The van der Waals surface area contributed by atoms with Crippen molar-refractivity contribution in [2.24, 2.45) is 0 Å². The molecule has 0 spiro atoms. The fourth-order valence-corrected chi connectivity index (χ4v) is 2.89. The van der Waals surface area contributed by atoms with Crippen LogP contribution >= 0.6 is 15.9 Å². The van der Waals surface area contributed by atoms with Crippen LogP contribution in [0.3, 0.4) is 0 Å². The summed E-state index contributed by atoms with van der Waals surface area (Å²) in [5.41, 5.74) is 1.46. The third-order valence-electron chi connectivity index (χ3n) is 3.44. The number of benzene rings is 2. The van der Waals surface area contributed by atoms with Gasteiger partial charge in [0.25, 0.3) is 5.91 Å². The highest BCUT2D eigenvalue weighted by Gasteiger charge is 2.15. The lowest BCUT2D eigenvalue weighted by Crippen LogP contribution is -2.23. The number of amides is 1. The molecule has 2 rings (SSSR count). The normalized spacial score (nSPS) is 10.2. The molecule has 0 saturated heterocycles. The van der Waals surface area contributed by atoms with Crippen molar-refractivity contribution in [2.75, 3.05) is 20.3 Å². The van der Waals surface area contributed by atoms with Gasteiger partial charge < -0.3 is 19.5 Å². The summed E-state index contributed by atoms with van der Waals surface area (Å²) in [4.78, 5) is 12.5. The quantitative estimate of drug-likeness (QED) is 0.712. The van der Waals surface area contributed by atoms with Crippen molar-refractivity contribution < 1.29 is 19.0 Å². The van der Waals surface area contributed by atoms with Crippen LogP contribution in [-0.2, 0) is 6.54 Å². The van der Waals surface area contributed by atoms with Gasteiger partial charge in [-0.25, -0.2) is 0 Å². The number of carbonyl (C=O) groups is 1. The highest BCUT2D eigenvalue weighted by atomic mass is 79.9. The molecule has 0 saturated carbocycles. The van der Waals surface area contributed by atoms with E-state index < -0.39 is 0 Å². The van der Waals surface area contributed by atoms with Crippen molar-refractivity contribution in [1.29, 1.82) is 0 Å². The van der Waals surface area contributed by atoms with E-state index in [-0.39, 0.29) is 5.91 Å². The molecular formula is C19H22BrNO4. The molecule has 1 amide bonds. The van der Waals surface area contributed by atoms with E-state index >= 15 is 0 Å². The third kappa shape index (κ3) is 5.13. The molecule has 134 valence electrons. The van der Waals surface area contributed by atoms with E-state index in [1.807, 2.05) is 38.1 Å². The van der Waals surface area contributed by atoms with E-state index in [0.29, 0.717) is 41.3 Å². The molecule has 0 aromatic heterocycles. The highest BCUT2D eigenvalue weighted by molar-refractivity contribution is 9.10. The first kappa shape index (κ1) is 19.1. The first-order valence-electron chi connectivity index (χ1n) is 8.09. The molecule has 0 heterocycles. The minimum atomic E-state index is -0.191. The smallest absolute Gasteiger partial charge is 0.251 e. The van der Waals surface area contributed by atoms with E-state index in [4.69, 9.17) is 14.2 Å². The molecule has 2 aromatic carbocycles. The second kappa shape index (κ2) is 9.32. The van der Waals surface area contributed by atoms with Crippen molar-refractivity contribution in [3.05, 3.63) is 52.0 Å². The van der Waals surface area contributed by atoms with E-state index in [0.717, 1.165) is 11.3 Å². The summed E-state index contributed by atoms with van der Waals surface area (Å²) in [5.74, 6) is 1.70. The van der Waals surface area contributed by atoms with Gasteiger partial charge in [0.05, 0.1) is 24.8 Å². The maximum atomic E-state index is 12.5. The van der Waals surface area contributed by atoms with Crippen LogP contribution in [0.4, 0.5) is 0 Å². The minimum Gasteiger partial charge on any atom is -0.494 e. The van der Waals surface area contributed by atoms with Gasteiger partial charge in [0.2, 0.25) is 0 Å². The molecule has 0 aliphatic heterocycles. The molecule has 0 fully saturated rings. The lowest BCUT2D eigenvalue weighted by Gasteiger charge is -2.13. The Morgan fingerprint density at radius 2 is 1.88 bits per heavy atom. The minimum absolute atomic E-state index is 0.191.